The molecule has 1 N–H and O–H groups in total. The van der Waals surface area contributed by atoms with E-state index < -0.39 is 26.7 Å². The molecule has 0 aliphatic heterocycles. The second-order valence-electron chi connectivity index (χ2n) is 3.65. The van der Waals surface area contributed by atoms with Gasteiger partial charge in [-0.1, -0.05) is 17.5 Å². The summed E-state index contributed by atoms with van der Waals surface area (Å²) in [4.78, 5) is 11.7. The largest absolute Gasteiger partial charge is 0.325 e. The van der Waals surface area contributed by atoms with Crippen molar-refractivity contribution in [3.63, 3.8) is 0 Å². The number of halogens is 1. The van der Waals surface area contributed by atoms with E-state index in [-0.39, 0.29) is 0 Å². The molecule has 1 rings (SSSR count). The first-order chi connectivity index (χ1) is 8.36. The zero-order valence-electron chi connectivity index (χ0n) is 9.68. The van der Waals surface area contributed by atoms with Crippen LogP contribution in [0.15, 0.2) is 24.3 Å². The molecule has 0 spiro atoms. The topological polar surface area (TPSA) is 63.2 Å². The number of hydrogen-bond acceptors (Lipinski definition) is 3. The lowest BCUT2D eigenvalue weighted by molar-refractivity contribution is -0.115. The van der Waals surface area contributed by atoms with Gasteiger partial charge in [-0.3, -0.25) is 4.79 Å². The molecule has 0 bridgehead atoms. The highest BCUT2D eigenvalue weighted by atomic mass is 35.5. The zero-order chi connectivity index (χ0) is 13.8. The highest BCUT2D eigenvalue weighted by Gasteiger charge is 2.27. The second-order valence-corrected chi connectivity index (χ2v) is 6.41. The van der Waals surface area contributed by atoms with Crippen LogP contribution in [-0.4, -0.2) is 25.3 Å². The fraction of sp³-hybridized carbons (Fsp3) is 0.250. The Balaban J connectivity index is 2.78. The van der Waals surface area contributed by atoms with E-state index in [0.717, 1.165) is 0 Å². The molecular formula is C12H12ClNO3S. The third kappa shape index (κ3) is 3.76. The molecule has 0 saturated heterocycles. The van der Waals surface area contributed by atoms with Gasteiger partial charge in [-0.05, 0) is 31.2 Å². The van der Waals surface area contributed by atoms with Gasteiger partial charge in [0.05, 0.1) is 0 Å². The summed E-state index contributed by atoms with van der Waals surface area (Å²) in [6.07, 6.45) is 4.95. The van der Waals surface area contributed by atoms with Gasteiger partial charge in [0, 0.05) is 10.7 Å². The van der Waals surface area contributed by atoms with E-state index in [0.29, 0.717) is 10.7 Å². The molecule has 1 aromatic carbocycles. The van der Waals surface area contributed by atoms with Gasteiger partial charge >= 0.3 is 0 Å². The zero-order valence-corrected chi connectivity index (χ0v) is 11.3. The molecule has 96 valence electrons. The molecule has 6 heteroatoms. The van der Waals surface area contributed by atoms with Crippen molar-refractivity contribution in [2.24, 2.45) is 0 Å². The van der Waals surface area contributed by atoms with E-state index in [2.05, 4.69) is 5.32 Å². The Morgan fingerprint density at radius 2 is 2.00 bits per heavy atom. The summed E-state index contributed by atoms with van der Waals surface area (Å²) in [5.41, 5.74) is 0.479. The Hall–Kier alpha value is -1.51. The molecule has 18 heavy (non-hydrogen) atoms. The first-order valence-electron chi connectivity index (χ1n) is 5.08. The number of anilines is 1. The molecule has 0 radical (unpaired) electrons. The average molecular weight is 286 g/mol. The van der Waals surface area contributed by atoms with E-state index in [4.69, 9.17) is 18.0 Å². The van der Waals surface area contributed by atoms with Gasteiger partial charge in [0.15, 0.2) is 9.84 Å². The van der Waals surface area contributed by atoms with E-state index >= 15 is 0 Å². The molecule has 1 unspecified atom stereocenters. The van der Waals surface area contributed by atoms with Gasteiger partial charge in [-0.15, -0.1) is 6.42 Å². The van der Waals surface area contributed by atoms with E-state index in [9.17, 15) is 13.2 Å². The minimum Gasteiger partial charge on any atom is -0.325 e. The molecule has 0 aromatic heterocycles. The maximum atomic E-state index is 11.7. The minimum atomic E-state index is -3.61. The molecule has 1 aromatic rings. The van der Waals surface area contributed by atoms with Crippen molar-refractivity contribution in [3.8, 4) is 12.3 Å². The molecule has 1 amide bonds. The smallest absolute Gasteiger partial charge is 0.242 e. The molecular weight excluding hydrogens is 274 g/mol. The Kier molecular flexibility index (Phi) is 4.76. The van der Waals surface area contributed by atoms with Gasteiger partial charge in [0.1, 0.15) is 11.0 Å². The van der Waals surface area contributed by atoms with E-state index in [1.807, 2.05) is 5.92 Å². The van der Waals surface area contributed by atoms with E-state index in [1.54, 1.807) is 24.3 Å². The number of rotatable bonds is 4. The molecule has 1 atom stereocenters. The summed E-state index contributed by atoms with van der Waals surface area (Å²) in [6, 6.07) is 6.36. The number of carbonyl (C=O) groups excluding carboxylic acids is 1. The van der Waals surface area contributed by atoms with Crippen LogP contribution in [-0.2, 0) is 14.6 Å². The summed E-state index contributed by atoms with van der Waals surface area (Å²) in [5, 5.41) is 1.83. The maximum absolute atomic E-state index is 11.7. The predicted octanol–water partition coefficient (Wildman–Crippen LogP) is 1.71. The average Bonchev–Trinajstić information content (AvgIpc) is 2.31. The summed E-state index contributed by atoms with van der Waals surface area (Å²) in [7, 11) is -3.61. The lowest BCUT2D eigenvalue weighted by Crippen LogP contribution is -2.33. The van der Waals surface area contributed by atoms with Crippen LogP contribution in [0, 0.1) is 12.3 Å². The Labute approximate surface area is 111 Å². The van der Waals surface area contributed by atoms with Crippen molar-refractivity contribution in [2.45, 2.75) is 12.2 Å². The van der Waals surface area contributed by atoms with Gasteiger partial charge in [0.2, 0.25) is 5.91 Å². The molecule has 0 aliphatic rings. The number of amides is 1. The van der Waals surface area contributed by atoms with Crippen LogP contribution in [0.25, 0.3) is 0 Å². The van der Waals surface area contributed by atoms with Crippen molar-refractivity contribution in [2.75, 3.05) is 11.1 Å². The minimum absolute atomic E-state index is 0.456. The monoisotopic (exact) mass is 285 g/mol. The Morgan fingerprint density at radius 3 is 2.50 bits per heavy atom. The highest BCUT2D eigenvalue weighted by Crippen LogP contribution is 2.14. The van der Waals surface area contributed by atoms with Crippen LogP contribution in [0.4, 0.5) is 5.69 Å². The quantitative estimate of drug-likeness (QED) is 0.857. The summed E-state index contributed by atoms with van der Waals surface area (Å²) < 4.78 is 23.2. The molecule has 0 heterocycles. The number of terminal acetylenes is 1. The fourth-order valence-electron chi connectivity index (χ4n) is 1.18. The predicted molar refractivity (Wildman–Crippen MR) is 72.2 cm³/mol. The van der Waals surface area contributed by atoms with Gasteiger partial charge in [-0.2, -0.15) is 0 Å². The molecule has 0 fully saturated rings. The summed E-state index contributed by atoms with van der Waals surface area (Å²) in [6.45, 7) is 1.30. The van der Waals surface area contributed by atoms with Crippen molar-refractivity contribution < 1.29 is 13.2 Å². The number of carbonyl (C=O) groups is 1. The van der Waals surface area contributed by atoms with Crippen LogP contribution >= 0.6 is 11.6 Å². The highest BCUT2D eigenvalue weighted by molar-refractivity contribution is 7.93. The number of sulfone groups is 1. The maximum Gasteiger partial charge on any atom is 0.242 e. The van der Waals surface area contributed by atoms with Crippen LogP contribution in [0.1, 0.15) is 6.92 Å². The first-order valence-corrected chi connectivity index (χ1v) is 7.17. The van der Waals surface area contributed by atoms with Crippen molar-refractivity contribution in [1.82, 2.24) is 0 Å². The number of nitrogens with one attached hydrogen (secondary N) is 1. The van der Waals surface area contributed by atoms with Gasteiger partial charge < -0.3 is 5.32 Å². The molecule has 0 aliphatic carbocycles. The number of benzene rings is 1. The standard InChI is InChI=1S/C12H12ClNO3S/c1-3-8-18(16,17)9(2)12(15)14-11-6-4-10(13)5-7-11/h1,4-7,9H,8H2,2H3,(H,14,15). The third-order valence-corrected chi connectivity index (χ3v) is 4.42. The van der Waals surface area contributed by atoms with Crippen molar-refractivity contribution in [3.05, 3.63) is 29.3 Å². The SMILES string of the molecule is C#CCS(=O)(=O)C(C)C(=O)Nc1ccc(Cl)cc1. The fourth-order valence-corrected chi connectivity index (χ4v) is 2.17. The van der Waals surface area contributed by atoms with Crippen LogP contribution in [0.2, 0.25) is 5.02 Å². The van der Waals surface area contributed by atoms with Crippen molar-refractivity contribution >= 4 is 33.0 Å². The molecule has 4 nitrogen and oxygen atoms in total. The van der Waals surface area contributed by atoms with Crippen molar-refractivity contribution in [1.29, 1.82) is 0 Å². The Bertz CT molecular complexity index is 572. The number of hydrogen-bond donors (Lipinski definition) is 1. The third-order valence-electron chi connectivity index (χ3n) is 2.30. The van der Waals surface area contributed by atoms with E-state index in [1.165, 1.54) is 6.92 Å². The lowest BCUT2D eigenvalue weighted by Gasteiger charge is -2.11. The van der Waals surface area contributed by atoms with Gasteiger partial charge in [0.25, 0.3) is 0 Å². The summed E-state index contributed by atoms with van der Waals surface area (Å²) in [5.74, 6) is 0.956. The second kappa shape index (κ2) is 5.89. The van der Waals surface area contributed by atoms with Crippen LogP contribution in [0.5, 0.6) is 0 Å². The lowest BCUT2D eigenvalue weighted by atomic mass is 10.3. The molecule has 0 saturated carbocycles. The normalized spacial score (nSPS) is 12.5. The Morgan fingerprint density at radius 1 is 1.44 bits per heavy atom. The van der Waals surface area contributed by atoms with Crippen LogP contribution < -0.4 is 5.32 Å². The van der Waals surface area contributed by atoms with Gasteiger partial charge in [-0.25, -0.2) is 8.42 Å². The first kappa shape index (κ1) is 14.6. The van der Waals surface area contributed by atoms with Crippen LogP contribution in [0.3, 0.4) is 0 Å². The summed E-state index contributed by atoms with van der Waals surface area (Å²) >= 11 is 5.69.